The van der Waals surface area contributed by atoms with Gasteiger partial charge in [0.15, 0.2) is 0 Å². The van der Waals surface area contributed by atoms with Crippen LogP contribution in [0.15, 0.2) is 42.5 Å². The molecule has 106 valence electrons. The highest BCUT2D eigenvalue weighted by Gasteiger charge is 2.17. The lowest BCUT2D eigenvalue weighted by Gasteiger charge is -2.18. The van der Waals surface area contributed by atoms with Crippen LogP contribution in [0.5, 0.6) is 5.75 Å². The fourth-order valence-electron chi connectivity index (χ4n) is 2.17. The largest absolute Gasteiger partial charge is 0.491 e. The zero-order valence-corrected chi connectivity index (χ0v) is 11.9. The van der Waals surface area contributed by atoms with Crippen molar-refractivity contribution in [1.29, 1.82) is 0 Å². The molecule has 0 saturated heterocycles. The molecule has 2 nitrogen and oxygen atoms in total. The molecule has 1 unspecified atom stereocenters. The molecule has 2 aromatic carbocycles. The maximum atomic E-state index is 13.5. The number of benzene rings is 2. The molecule has 0 aliphatic carbocycles. The second kappa shape index (κ2) is 6.06. The summed E-state index contributed by atoms with van der Waals surface area (Å²) in [6, 6.07) is 11.9. The third-order valence-electron chi connectivity index (χ3n) is 2.96. The van der Waals surface area contributed by atoms with E-state index in [0.717, 1.165) is 5.56 Å². The summed E-state index contributed by atoms with van der Waals surface area (Å²) in [5.74, 6) is 0.276. The SMILES string of the molecule is Cc1cc(F)cc(C(O)c2ccccc2OC(C)C)c1. The van der Waals surface area contributed by atoms with Crippen LogP contribution in [-0.4, -0.2) is 11.2 Å². The van der Waals surface area contributed by atoms with Gasteiger partial charge in [-0.3, -0.25) is 0 Å². The van der Waals surface area contributed by atoms with Gasteiger partial charge in [0.1, 0.15) is 17.7 Å². The summed E-state index contributed by atoms with van der Waals surface area (Å²) in [5, 5.41) is 10.5. The van der Waals surface area contributed by atoms with Crippen LogP contribution in [0.4, 0.5) is 4.39 Å². The Kier molecular flexibility index (Phi) is 4.40. The van der Waals surface area contributed by atoms with E-state index in [9.17, 15) is 9.50 Å². The number of hydrogen-bond acceptors (Lipinski definition) is 2. The molecule has 0 spiro atoms. The molecule has 1 N–H and O–H groups in total. The molecular weight excluding hydrogens is 255 g/mol. The predicted molar refractivity (Wildman–Crippen MR) is 77.4 cm³/mol. The van der Waals surface area contributed by atoms with Crippen LogP contribution in [0.3, 0.4) is 0 Å². The molecule has 0 amide bonds. The van der Waals surface area contributed by atoms with Crippen LogP contribution in [0, 0.1) is 12.7 Å². The van der Waals surface area contributed by atoms with Crippen molar-refractivity contribution in [1.82, 2.24) is 0 Å². The number of halogens is 1. The van der Waals surface area contributed by atoms with Gasteiger partial charge in [0.05, 0.1) is 6.10 Å². The molecule has 0 radical (unpaired) electrons. The monoisotopic (exact) mass is 274 g/mol. The topological polar surface area (TPSA) is 29.5 Å². The van der Waals surface area contributed by atoms with Gasteiger partial charge in [-0.1, -0.05) is 24.3 Å². The lowest BCUT2D eigenvalue weighted by molar-refractivity contribution is 0.197. The van der Waals surface area contributed by atoms with Crippen molar-refractivity contribution < 1.29 is 14.2 Å². The van der Waals surface area contributed by atoms with E-state index in [0.29, 0.717) is 16.9 Å². The fraction of sp³-hybridized carbons (Fsp3) is 0.294. The zero-order valence-electron chi connectivity index (χ0n) is 11.9. The average Bonchev–Trinajstić information content (AvgIpc) is 2.36. The summed E-state index contributed by atoms with van der Waals surface area (Å²) >= 11 is 0. The molecule has 0 heterocycles. The Hall–Kier alpha value is -1.87. The second-order valence-electron chi connectivity index (χ2n) is 5.17. The predicted octanol–water partition coefficient (Wildman–Crippen LogP) is 4.00. The Morgan fingerprint density at radius 1 is 1.10 bits per heavy atom. The second-order valence-corrected chi connectivity index (χ2v) is 5.17. The van der Waals surface area contributed by atoms with Crippen LogP contribution >= 0.6 is 0 Å². The van der Waals surface area contributed by atoms with Crippen molar-refractivity contribution in [2.45, 2.75) is 33.0 Å². The molecular formula is C17H19FO2. The molecule has 2 aromatic rings. The van der Waals surface area contributed by atoms with Gasteiger partial charge in [-0.2, -0.15) is 0 Å². The van der Waals surface area contributed by atoms with E-state index in [-0.39, 0.29) is 11.9 Å². The quantitative estimate of drug-likeness (QED) is 0.913. The van der Waals surface area contributed by atoms with Crippen LogP contribution in [0.25, 0.3) is 0 Å². The Bertz CT molecular complexity index is 573. The molecule has 20 heavy (non-hydrogen) atoms. The summed E-state index contributed by atoms with van der Waals surface area (Å²) in [4.78, 5) is 0. The van der Waals surface area contributed by atoms with Crippen LogP contribution in [0.2, 0.25) is 0 Å². The highest BCUT2D eigenvalue weighted by atomic mass is 19.1. The fourth-order valence-corrected chi connectivity index (χ4v) is 2.17. The lowest BCUT2D eigenvalue weighted by atomic mass is 9.99. The Morgan fingerprint density at radius 3 is 2.45 bits per heavy atom. The molecule has 0 fully saturated rings. The summed E-state index contributed by atoms with van der Waals surface area (Å²) in [6.07, 6.45) is -0.892. The molecule has 0 saturated carbocycles. The van der Waals surface area contributed by atoms with Crippen molar-refractivity contribution in [3.63, 3.8) is 0 Å². The maximum Gasteiger partial charge on any atom is 0.125 e. The van der Waals surface area contributed by atoms with Gasteiger partial charge < -0.3 is 9.84 Å². The van der Waals surface area contributed by atoms with E-state index in [1.165, 1.54) is 12.1 Å². The third kappa shape index (κ3) is 3.36. The molecule has 0 aromatic heterocycles. The number of hydrogen-bond donors (Lipinski definition) is 1. The first kappa shape index (κ1) is 14.5. The first-order valence-corrected chi connectivity index (χ1v) is 6.68. The molecule has 2 rings (SSSR count). The summed E-state index contributed by atoms with van der Waals surface area (Å²) in [7, 11) is 0. The van der Waals surface area contributed by atoms with Gasteiger partial charge in [0, 0.05) is 5.56 Å². The van der Waals surface area contributed by atoms with E-state index in [1.54, 1.807) is 19.1 Å². The van der Waals surface area contributed by atoms with E-state index < -0.39 is 6.10 Å². The van der Waals surface area contributed by atoms with Crippen LogP contribution in [-0.2, 0) is 0 Å². The minimum absolute atomic E-state index is 0.0117. The van der Waals surface area contributed by atoms with Crippen LogP contribution < -0.4 is 4.74 Å². The van der Waals surface area contributed by atoms with Gasteiger partial charge in [-0.05, 0) is 50.1 Å². The summed E-state index contributed by atoms with van der Waals surface area (Å²) in [6.45, 7) is 5.65. The van der Waals surface area contributed by atoms with Gasteiger partial charge in [-0.25, -0.2) is 4.39 Å². The summed E-state index contributed by atoms with van der Waals surface area (Å²) in [5.41, 5.74) is 1.95. The van der Waals surface area contributed by atoms with Gasteiger partial charge in [-0.15, -0.1) is 0 Å². The van der Waals surface area contributed by atoms with Crippen molar-refractivity contribution in [2.75, 3.05) is 0 Å². The number of ether oxygens (including phenoxy) is 1. The van der Waals surface area contributed by atoms with Crippen molar-refractivity contribution >= 4 is 0 Å². The average molecular weight is 274 g/mol. The number of rotatable bonds is 4. The zero-order chi connectivity index (χ0) is 14.7. The normalized spacial score (nSPS) is 12.5. The van der Waals surface area contributed by atoms with E-state index in [1.807, 2.05) is 32.0 Å². The molecule has 0 aliphatic heterocycles. The highest BCUT2D eigenvalue weighted by Crippen LogP contribution is 2.31. The maximum absolute atomic E-state index is 13.5. The third-order valence-corrected chi connectivity index (χ3v) is 2.96. The summed E-state index contributed by atoms with van der Waals surface area (Å²) < 4.78 is 19.2. The molecule has 3 heteroatoms. The van der Waals surface area contributed by atoms with E-state index in [4.69, 9.17) is 4.74 Å². The Balaban J connectivity index is 2.39. The lowest BCUT2D eigenvalue weighted by Crippen LogP contribution is -2.10. The van der Waals surface area contributed by atoms with Crippen molar-refractivity contribution in [3.8, 4) is 5.75 Å². The van der Waals surface area contributed by atoms with E-state index >= 15 is 0 Å². The van der Waals surface area contributed by atoms with E-state index in [2.05, 4.69) is 0 Å². The van der Waals surface area contributed by atoms with Gasteiger partial charge >= 0.3 is 0 Å². The number of aliphatic hydroxyl groups is 1. The Labute approximate surface area is 118 Å². The van der Waals surface area contributed by atoms with Crippen molar-refractivity contribution in [2.24, 2.45) is 0 Å². The smallest absolute Gasteiger partial charge is 0.125 e. The number of aryl methyl sites for hydroxylation is 1. The standard InChI is InChI=1S/C17H19FO2/c1-11(2)20-16-7-5-4-6-15(16)17(19)13-8-12(3)9-14(18)10-13/h4-11,17,19H,1-3H3. The Morgan fingerprint density at radius 2 is 1.80 bits per heavy atom. The van der Waals surface area contributed by atoms with Gasteiger partial charge in [0.2, 0.25) is 0 Å². The number of aliphatic hydroxyl groups excluding tert-OH is 1. The molecule has 0 aliphatic rings. The highest BCUT2D eigenvalue weighted by molar-refractivity contribution is 5.41. The molecule has 1 atom stereocenters. The first-order chi connectivity index (χ1) is 9.47. The van der Waals surface area contributed by atoms with Gasteiger partial charge in [0.25, 0.3) is 0 Å². The van der Waals surface area contributed by atoms with Crippen molar-refractivity contribution in [3.05, 3.63) is 65.0 Å². The first-order valence-electron chi connectivity index (χ1n) is 6.68. The minimum Gasteiger partial charge on any atom is -0.491 e. The minimum atomic E-state index is -0.903. The van der Waals surface area contributed by atoms with Crippen LogP contribution in [0.1, 0.15) is 36.6 Å². The molecule has 0 bridgehead atoms. The number of para-hydroxylation sites is 1.